The van der Waals surface area contributed by atoms with Crippen LogP contribution in [0.3, 0.4) is 0 Å². The van der Waals surface area contributed by atoms with Gasteiger partial charge in [0.1, 0.15) is 5.69 Å². The number of nitrogens with zero attached hydrogens (tertiary/aromatic N) is 2. The summed E-state index contributed by atoms with van der Waals surface area (Å²) in [4.78, 5) is 23.9. The molecule has 1 heterocycles. The number of halogens is 1. The van der Waals surface area contributed by atoms with E-state index in [1.54, 1.807) is 7.11 Å². The van der Waals surface area contributed by atoms with E-state index in [0.717, 1.165) is 14.8 Å². The highest BCUT2D eigenvalue weighted by Gasteiger charge is 2.11. The predicted molar refractivity (Wildman–Crippen MR) is 92.2 cm³/mol. The van der Waals surface area contributed by atoms with Crippen molar-refractivity contribution in [2.75, 3.05) is 19.0 Å². The lowest BCUT2D eigenvalue weighted by atomic mass is 10.2. The number of aromatic nitrogens is 2. The summed E-state index contributed by atoms with van der Waals surface area (Å²) in [6, 6.07) is 8.48. The lowest BCUT2D eigenvalue weighted by molar-refractivity contribution is 0.101. The molecular weight excluding hydrogens is 397 g/mol. The topological polar surface area (TPSA) is 73.2 Å². The quantitative estimate of drug-likeness (QED) is 0.762. The third-order valence-corrected chi connectivity index (χ3v) is 3.71. The summed E-state index contributed by atoms with van der Waals surface area (Å²) >= 11 is 2.21. The van der Waals surface area contributed by atoms with Crippen LogP contribution in [-0.2, 0) is 11.3 Å². The molecule has 0 saturated carbocycles. The second-order valence-corrected chi connectivity index (χ2v) is 5.93. The number of aryl methyl sites for hydroxylation is 1. The number of carbonyl (C=O) groups excluding carboxylic acids is 1. The molecule has 1 aromatic heterocycles. The van der Waals surface area contributed by atoms with Crippen molar-refractivity contribution in [3.63, 3.8) is 0 Å². The number of hydrogen-bond donors (Lipinski definition) is 1. The van der Waals surface area contributed by atoms with Gasteiger partial charge in [-0.3, -0.25) is 9.59 Å². The zero-order valence-electron chi connectivity index (χ0n) is 12.3. The Morgan fingerprint density at radius 3 is 2.82 bits per heavy atom. The van der Waals surface area contributed by atoms with Crippen molar-refractivity contribution in [1.82, 2.24) is 9.78 Å². The van der Waals surface area contributed by atoms with Crippen molar-refractivity contribution in [2.24, 2.45) is 0 Å². The summed E-state index contributed by atoms with van der Waals surface area (Å²) in [5, 5.41) is 6.87. The molecular formula is C15H16IN3O3. The molecule has 0 aliphatic carbocycles. The number of hydrogen-bond acceptors (Lipinski definition) is 4. The van der Waals surface area contributed by atoms with Crippen LogP contribution in [0.5, 0.6) is 0 Å². The Kier molecular flexibility index (Phi) is 5.67. The van der Waals surface area contributed by atoms with Gasteiger partial charge in [-0.1, -0.05) is 0 Å². The van der Waals surface area contributed by atoms with E-state index in [1.165, 1.54) is 16.8 Å². The van der Waals surface area contributed by atoms with E-state index >= 15 is 0 Å². The molecule has 1 aromatic carbocycles. The van der Waals surface area contributed by atoms with E-state index in [4.69, 9.17) is 4.74 Å². The van der Waals surface area contributed by atoms with Crippen molar-refractivity contribution in [2.45, 2.75) is 13.5 Å². The van der Waals surface area contributed by atoms with E-state index in [0.29, 0.717) is 13.2 Å². The van der Waals surface area contributed by atoms with Gasteiger partial charge < -0.3 is 10.1 Å². The lowest BCUT2D eigenvalue weighted by Gasteiger charge is -2.09. The summed E-state index contributed by atoms with van der Waals surface area (Å²) in [6.07, 6.45) is 0. The molecule has 0 aliphatic heterocycles. The van der Waals surface area contributed by atoms with E-state index in [1.807, 2.05) is 25.1 Å². The monoisotopic (exact) mass is 413 g/mol. The van der Waals surface area contributed by atoms with Gasteiger partial charge >= 0.3 is 0 Å². The maximum absolute atomic E-state index is 12.3. The molecule has 6 nitrogen and oxygen atoms in total. The Hall–Kier alpha value is -1.74. The van der Waals surface area contributed by atoms with Crippen LogP contribution in [0, 0.1) is 10.5 Å². The summed E-state index contributed by atoms with van der Waals surface area (Å²) < 4.78 is 7.24. The second kappa shape index (κ2) is 7.50. The van der Waals surface area contributed by atoms with Crippen LogP contribution >= 0.6 is 22.6 Å². The number of nitrogens with one attached hydrogen (secondary N) is 1. The largest absolute Gasteiger partial charge is 0.383 e. The van der Waals surface area contributed by atoms with Crippen molar-refractivity contribution < 1.29 is 9.53 Å². The summed E-state index contributed by atoms with van der Waals surface area (Å²) in [5.74, 6) is -0.351. The Morgan fingerprint density at radius 1 is 1.36 bits per heavy atom. The van der Waals surface area contributed by atoms with Crippen LogP contribution in [0.1, 0.15) is 16.1 Å². The zero-order chi connectivity index (χ0) is 16.1. The van der Waals surface area contributed by atoms with Gasteiger partial charge in [-0.05, 0) is 59.3 Å². The standard InChI is InChI=1S/C15H16IN3O3/c1-10-9-11(16)3-4-12(10)17-15(21)13-5-6-14(20)19(18-13)7-8-22-2/h3-6,9H,7-8H2,1-2H3,(H,17,21). The predicted octanol–water partition coefficient (Wildman–Crippen LogP) is 2.06. The normalized spacial score (nSPS) is 10.5. The molecule has 22 heavy (non-hydrogen) atoms. The minimum atomic E-state index is -0.351. The second-order valence-electron chi connectivity index (χ2n) is 4.69. The number of benzene rings is 1. The smallest absolute Gasteiger partial charge is 0.276 e. The molecule has 0 saturated heterocycles. The van der Waals surface area contributed by atoms with Crippen LogP contribution < -0.4 is 10.9 Å². The highest BCUT2D eigenvalue weighted by molar-refractivity contribution is 14.1. The molecule has 0 unspecified atom stereocenters. The van der Waals surface area contributed by atoms with Gasteiger partial charge in [0.05, 0.1) is 13.2 Å². The Bertz CT molecular complexity index is 743. The van der Waals surface area contributed by atoms with E-state index in [2.05, 4.69) is 33.0 Å². The number of anilines is 1. The molecule has 0 radical (unpaired) electrons. The Balaban J connectivity index is 2.20. The van der Waals surface area contributed by atoms with Gasteiger partial charge in [-0.15, -0.1) is 0 Å². The fourth-order valence-electron chi connectivity index (χ4n) is 1.86. The molecule has 0 spiro atoms. The molecule has 116 valence electrons. The molecule has 0 fully saturated rings. The molecule has 2 rings (SSSR count). The van der Waals surface area contributed by atoms with Crippen LogP contribution in [0.4, 0.5) is 5.69 Å². The van der Waals surface area contributed by atoms with Crippen molar-refractivity contribution >= 4 is 34.2 Å². The number of methoxy groups -OCH3 is 1. The van der Waals surface area contributed by atoms with Gasteiger partial charge in [0, 0.05) is 22.4 Å². The van der Waals surface area contributed by atoms with Crippen molar-refractivity contribution in [1.29, 1.82) is 0 Å². The SMILES string of the molecule is COCCn1nc(C(=O)Nc2ccc(I)cc2C)ccc1=O. The summed E-state index contributed by atoms with van der Waals surface area (Å²) in [6.45, 7) is 2.58. The van der Waals surface area contributed by atoms with Gasteiger partial charge in [0.25, 0.3) is 11.5 Å². The first-order valence-electron chi connectivity index (χ1n) is 6.66. The molecule has 0 atom stereocenters. The highest BCUT2D eigenvalue weighted by Crippen LogP contribution is 2.18. The van der Waals surface area contributed by atoms with Crippen LogP contribution in [-0.4, -0.2) is 29.4 Å². The minimum absolute atomic E-state index is 0.189. The Morgan fingerprint density at radius 2 is 2.14 bits per heavy atom. The van der Waals surface area contributed by atoms with Crippen molar-refractivity contribution in [3.8, 4) is 0 Å². The number of ether oxygens (including phenoxy) is 1. The van der Waals surface area contributed by atoms with Crippen LogP contribution in [0.15, 0.2) is 35.1 Å². The first-order valence-corrected chi connectivity index (χ1v) is 7.74. The third-order valence-electron chi connectivity index (χ3n) is 3.04. The van der Waals surface area contributed by atoms with Gasteiger partial charge in [-0.2, -0.15) is 5.10 Å². The Labute approximate surface area is 141 Å². The minimum Gasteiger partial charge on any atom is -0.383 e. The highest BCUT2D eigenvalue weighted by atomic mass is 127. The van der Waals surface area contributed by atoms with E-state index < -0.39 is 0 Å². The average Bonchev–Trinajstić information content (AvgIpc) is 2.49. The first-order chi connectivity index (χ1) is 10.5. The van der Waals surface area contributed by atoms with E-state index in [9.17, 15) is 9.59 Å². The zero-order valence-corrected chi connectivity index (χ0v) is 14.5. The lowest BCUT2D eigenvalue weighted by Crippen LogP contribution is -2.27. The number of amides is 1. The number of carbonyl (C=O) groups is 1. The molecule has 0 aliphatic rings. The van der Waals surface area contributed by atoms with Crippen molar-refractivity contribution in [3.05, 3.63) is 55.5 Å². The summed E-state index contributed by atoms with van der Waals surface area (Å²) in [5.41, 5.74) is 1.61. The third kappa shape index (κ3) is 4.14. The van der Waals surface area contributed by atoms with Crippen LogP contribution in [0.25, 0.3) is 0 Å². The molecule has 1 N–H and O–H groups in total. The molecule has 1 amide bonds. The average molecular weight is 413 g/mol. The van der Waals surface area contributed by atoms with Gasteiger partial charge in [-0.25, -0.2) is 4.68 Å². The fourth-order valence-corrected chi connectivity index (χ4v) is 2.51. The molecule has 0 bridgehead atoms. The molecule has 7 heteroatoms. The first kappa shape index (κ1) is 16.6. The van der Waals surface area contributed by atoms with Gasteiger partial charge in [0.2, 0.25) is 0 Å². The number of rotatable bonds is 5. The van der Waals surface area contributed by atoms with Gasteiger partial charge in [0.15, 0.2) is 0 Å². The fraction of sp³-hybridized carbons (Fsp3) is 0.267. The molecule has 2 aromatic rings. The van der Waals surface area contributed by atoms with Crippen LogP contribution in [0.2, 0.25) is 0 Å². The summed E-state index contributed by atoms with van der Waals surface area (Å²) in [7, 11) is 1.54. The maximum atomic E-state index is 12.3. The van der Waals surface area contributed by atoms with E-state index in [-0.39, 0.29) is 17.2 Å². The maximum Gasteiger partial charge on any atom is 0.276 e.